The number of aromatic amines is 1. The number of sulfonamides is 1. The molecule has 2 heterocycles. The normalized spacial score (nSPS) is 17.6. The standard InChI is InChI=1S/C18H20N2O3S2/c1-11-3-8-18(24-11)25(21,22)20-12-4-6-16-14(9-12)15-10-13(23-2)5-7-17(15)19-16/h3,5,7-8,10,12,19-20H,4,6,9H2,1-2H3. The summed E-state index contributed by atoms with van der Waals surface area (Å²) in [5.74, 6) is 0.811. The third kappa shape index (κ3) is 3.07. The van der Waals surface area contributed by atoms with Crippen LogP contribution in [0.5, 0.6) is 5.75 Å². The first-order chi connectivity index (χ1) is 12.0. The van der Waals surface area contributed by atoms with Crippen LogP contribution in [0, 0.1) is 6.92 Å². The Morgan fingerprint density at radius 1 is 1.28 bits per heavy atom. The van der Waals surface area contributed by atoms with Crippen molar-refractivity contribution in [1.82, 2.24) is 9.71 Å². The van der Waals surface area contributed by atoms with Gasteiger partial charge in [0.25, 0.3) is 0 Å². The maximum absolute atomic E-state index is 12.6. The molecular weight excluding hydrogens is 356 g/mol. The largest absolute Gasteiger partial charge is 0.497 e. The highest BCUT2D eigenvalue weighted by molar-refractivity contribution is 7.91. The lowest BCUT2D eigenvalue weighted by molar-refractivity contribution is 0.415. The lowest BCUT2D eigenvalue weighted by Gasteiger charge is -2.23. The average molecular weight is 377 g/mol. The van der Waals surface area contributed by atoms with Crippen molar-refractivity contribution in [2.24, 2.45) is 0 Å². The van der Waals surface area contributed by atoms with Gasteiger partial charge in [0.1, 0.15) is 9.96 Å². The highest BCUT2D eigenvalue weighted by atomic mass is 32.2. The Kier molecular flexibility index (Phi) is 4.10. The van der Waals surface area contributed by atoms with Gasteiger partial charge in [-0.25, -0.2) is 13.1 Å². The van der Waals surface area contributed by atoms with Crippen LogP contribution in [0.1, 0.15) is 22.6 Å². The number of benzene rings is 1. The van der Waals surface area contributed by atoms with E-state index in [0.717, 1.165) is 34.4 Å². The van der Waals surface area contributed by atoms with Crippen LogP contribution in [0.15, 0.2) is 34.5 Å². The average Bonchev–Trinajstić information content (AvgIpc) is 3.18. The number of thiophene rings is 1. The SMILES string of the molecule is COc1ccc2[nH]c3c(c2c1)CC(NS(=O)(=O)c1ccc(C)s1)CC3. The fraction of sp³-hybridized carbons (Fsp3) is 0.333. The smallest absolute Gasteiger partial charge is 0.250 e. The van der Waals surface area contributed by atoms with E-state index < -0.39 is 10.0 Å². The summed E-state index contributed by atoms with van der Waals surface area (Å²) in [6, 6.07) is 9.38. The Balaban J connectivity index is 1.62. The Bertz CT molecular complexity index is 1030. The van der Waals surface area contributed by atoms with E-state index in [-0.39, 0.29) is 6.04 Å². The predicted octanol–water partition coefficient (Wildman–Crippen LogP) is 3.38. The van der Waals surface area contributed by atoms with Gasteiger partial charge < -0.3 is 9.72 Å². The van der Waals surface area contributed by atoms with Gasteiger partial charge in [-0.05, 0) is 62.1 Å². The number of aryl methyl sites for hydroxylation is 2. The molecule has 0 saturated heterocycles. The van der Waals surface area contributed by atoms with Crippen LogP contribution in [0.25, 0.3) is 10.9 Å². The molecule has 0 spiro atoms. The number of hydrogen-bond donors (Lipinski definition) is 2. The van der Waals surface area contributed by atoms with E-state index >= 15 is 0 Å². The second-order valence-corrected chi connectivity index (χ2v) is 9.65. The minimum Gasteiger partial charge on any atom is -0.497 e. The summed E-state index contributed by atoms with van der Waals surface area (Å²) in [4.78, 5) is 4.45. The van der Waals surface area contributed by atoms with Crippen LogP contribution in [0.2, 0.25) is 0 Å². The van der Waals surface area contributed by atoms with Gasteiger partial charge in [0, 0.05) is 27.5 Å². The summed E-state index contributed by atoms with van der Waals surface area (Å²) < 4.78 is 33.8. The highest BCUT2D eigenvalue weighted by Crippen LogP contribution is 2.32. The molecule has 2 aromatic heterocycles. The van der Waals surface area contributed by atoms with Crippen LogP contribution in [0.3, 0.4) is 0 Å². The van der Waals surface area contributed by atoms with E-state index in [2.05, 4.69) is 9.71 Å². The van der Waals surface area contributed by atoms with Gasteiger partial charge in [-0.15, -0.1) is 11.3 Å². The molecule has 3 aromatic rings. The number of aromatic nitrogens is 1. The lowest BCUT2D eigenvalue weighted by atomic mass is 9.92. The lowest BCUT2D eigenvalue weighted by Crippen LogP contribution is -2.38. The van der Waals surface area contributed by atoms with Gasteiger partial charge >= 0.3 is 0 Å². The Morgan fingerprint density at radius 2 is 2.12 bits per heavy atom. The summed E-state index contributed by atoms with van der Waals surface area (Å²) in [6.07, 6.45) is 2.32. The molecule has 7 heteroatoms. The molecular formula is C18H20N2O3S2. The summed E-state index contributed by atoms with van der Waals surface area (Å²) in [6.45, 7) is 1.91. The molecule has 1 unspecified atom stereocenters. The molecule has 0 bridgehead atoms. The molecule has 1 aliphatic carbocycles. The summed E-state index contributed by atoms with van der Waals surface area (Å²) in [5, 5.41) is 1.12. The van der Waals surface area contributed by atoms with E-state index in [1.807, 2.05) is 31.2 Å². The van der Waals surface area contributed by atoms with Crippen LogP contribution in [0.4, 0.5) is 0 Å². The number of nitrogens with one attached hydrogen (secondary N) is 2. The monoisotopic (exact) mass is 376 g/mol. The second kappa shape index (κ2) is 6.16. The number of fused-ring (bicyclic) bond motifs is 3. The van der Waals surface area contributed by atoms with Gasteiger partial charge in [-0.2, -0.15) is 0 Å². The molecule has 5 nitrogen and oxygen atoms in total. The maximum Gasteiger partial charge on any atom is 0.250 e. The fourth-order valence-electron chi connectivity index (χ4n) is 3.46. The zero-order valence-electron chi connectivity index (χ0n) is 14.1. The molecule has 2 N–H and O–H groups in total. The quantitative estimate of drug-likeness (QED) is 0.733. The molecule has 1 aliphatic rings. The highest BCUT2D eigenvalue weighted by Gasteiger charge is 2.27. The summed E-state index contributed by atoms with van der Waals surface area (Å²) >= 11 is 1.30. The fourth-order valence-corrected chi connectivity index (χ4v) is 6.03. The first-order valence-electron chi connectivity index (χ1n) is 8.22. The molecule has 0 saturated carbocycles. The van der Waals surface area contributed by atoms with Crippen molar-refractivity contribution in [3.8, 4) is 5.75 Å². The van der Waals surface area contributed by atoms with Crippen LogP contribution in [-0.4, -0.2) is 26.6 Å². The Labute approximate surface area is 151 Å². The van der Waals surface area contributed by atoms with E-state index in [1.54, 1.807) is 13.2 Å². The van der Waals surface area contributed by atoms with Crippen LogP contribution < -0.4 is 9.46 Å². The van der Waals surface area contributed by atoms with Crippen molar-refractivity contribution in [1.29, 1.82) is 0 Å². The maximum atomic E-state index is 12.6. The molecule has 1 atom stereocenters. The molecule has 25 heavy (non-hydrogen) atoms. The van der Waals surface area contributed by atoms with Crippen molar-refractivity contribution in [3.05, 3.63) is 46.5 Å². The second-order valence-electron chi connectivity index (χ2n) is 6.42. The number of ether oxygens (including phenoxy) is 1. The molecule has 0 fully saturated rings. The topological polar surface area (TPSA) is 71.2 Å². The van der Waals surface area contributed by atoms with Crippen LogP contribution in [-0.2, 0) is 22.9 Å². The predicted molar refractivity (Wildman–Crippen MR) is 100 cm³/mol. The van der Waals surface area contributed by atoms with Crippen molar-refractivity contribution >= 4 is 32.3 Å². The van der Waals surface area contributed by atoms with Crippen molar-refractivity contribution in [3.63, 3.8) is 0 Å². The Morgan fingerprint density at radius 3 is 2.84 bits per heavy atom. The molecule has 1 aromatic carbocycles. The van der Waals surface area contributed by atoms with E-state index in [9.17, 15) is 8.42 Å². The zero-order valence-corrected chi connectivity index (χ0v) is 15.8. The number of rotatable bonds is 4. The number of methoxy groups -OCH3 is 1. The van der Waals surface area contributed by atoms with Gasteiger partial charge in [0.05, 0.1) is 7.11 Å². The minimum absolute atomic E-state index is 0.0925. The minimum atomic E-state index is -3.46. The van der Waals surface area contributed by atoms with E-state index in [0.29, 0.717) is 10.6 Å². The van der Waals surface area contributed by atoms with Gasteiger partial charge in [-0.1, -0.05) is 0 Å². The van der Waals surface area contributed by atoms with Crippen molar-refractivity contribution < 1.29 is 13.2 Å². The van der Waals surface area contributed by atoms with E-state index in [4.69, 9.17) is 4.74 Å². The third-order valence-electron chi connectivity index (χ3n) is 4.70. The third-order valence-corrected chi connectivity index (χ3v) is 7.71. The number of H-pyrrole nitrogens is 1. The molecule has 0 radical (unpaired) electrons. The van der Waals surface area contributed by atoms with Crippen molar-refractivity contribution in [2.45, 2.75) is 36.4 Å². The van der Waals surface area contributed by atoms with Crippen molar-refractivity contribution in [2.75, 3.05) is 7.11 Å². The first kappa shape index (κ1) is 16.6. The van der Waals surface area contributed by atoms with E-state index in [1.165, 1.54) is 22.6 Å². The molecule has 132 valence electrons. The molecule has 0 aliphatic heterocycles. The summed E-state index contributed by atoms with van der Waals surface area (Å²) in [7, 11) is -1.80. The molecule has 4 rings (SSSR count). The van der Waals surface area contributed by atoms with Gasteiger partial charge in [0.2, 0.25) is 10.0 Å². The van der Waals surface area contributed by atoms with Crippen LogP contribution >= 0.6 is 11.3 Å². The first-order valence-corrected chi connectivity index (χ1v) is 10.5. The zero-order chi connectivity index (χ0) is 17.6. The number of hydrogen-bond acceptors (Lipinski definition) is 4. The summed E-state index contributed by atoms with van der Waals surface area (Å²) in [5.41, 5.74) is 3.46. The Hall–Kier alpha value is -1.83. The molecule has 0 amide bonds. The van der Waals surface area contributed by atoms with Gasteiger partial charge in [0.15, 0.2) is 0 Å². The van der Waals surface area contributed by atoms with Gasteiger partial charge in [-0.3, -0.25) is 0 Å².